The molecule has 0 spiro atoms. The van der Waals surface area contributed by atoms with E-state index in [9.17, 15) is 0 Å². The van der Waals surface area contributed by atoms with Gasteiger partial charge in [0.2, 0.25) is 0 Å². The fourth-order valence-corrected chi connectivity index (χ4v) is 0.732. The van der Waals surface area contributed by atoms with E-state index in [-0.39, 0.29) is 6.61 Å². The van der Waals surface area contributed by atoms with Crippen LogP contribution in [0.5, 0.6) is 0 Å². The van der Waals surface area contributed by atoms with Crippen molar-refractivity contribution in [1.29, 1.82) is 0 Å². The zero-order chi connectivity index (χ0) is 8.32. The van der Waals surface area contributed by atoms with Gasteiger partial charge in [0.25, 0.3) is 0 Å². The number of H-pyrrole nitrogens is 1. The normalized spacial score (nSPS) is 16.3. The summed E-state index contributed by atoms with van der Waals surface area (Å²) >= 11 is 0. The molecule has 0 radical (unpaired) electrons. The standard InChI is InChI=1S/C6H12N4O/c1-6(2-7,3-11)5-8-4-9-10-5/h4,11H,2-3,7H2,1H3,(H,8,9,10). The molecule has 1 rings (SSSR count). The Morgan fingerprint density at radius 3 is 2.91 bits per heavy atom. The number of nitrogens with one attached hydrogen (secondary N) is 1. The molecule has 1 atom stereocenters. The molecule has 1 aromatic heterocycles. The second-order valence-electron chi connectivity index (χ2n) is 2.76. The first-order valence-electron chi connectivity index (χ1n) is 3.40. The van der Waals surface area contributed by atoms with Gasteiger partial charge in [0.15, 0.2) is 0 Å². The number of hydrogen-bond donors (Lipinski definition) is 3. The van der Waals surface area contributed by atoms with Gasteiger partial charge >= 0.3 is 0 Å². The van der Waals surface area contributed by atoms with Gasteiger partial charge in [-0.25, -0.2) is 4.98 Å². The highest BCUT2D eigenvalue weighted by atomic mass is 16.3. The van der Waals surface area contributed by atoms with Crippen molar-refractivity contribution in [2.45, 2.75) is 12.3 Å². The quantitative estimate of drug-likeness (QED) is 0.524. The lowest BCUT2D eigenvalue weighted by Crippen LogP contribution is -2.36. The maximum Gasteiger partial charge on any atom is 0.137 e. The van der Waals surface area contributed by atoms with Crippen molar-refractivity contribution < 1.29 is 5.11 Å². The molecule has 4 N–H and O–H groups in total. The van der Waals surface area contributed by atoms with Gasteiger partial charge in [-0.15, -0.1) is 0 Å². The lowest BCUT2D eigenvalue weighted by molar-refractivity contribution is 0.203. The lowest BCUT2D eigenvalue weighted by Gasteiger charge is -2.21. The summed E-state index contributed by atoms with van der Waals surface area (Å²) in [5.74, 6) is 0.627. The van der Waals surface area contributed by atoms with Crippen molar-refractivity contribution in [1.82, 2.24) is 15.2 Å². The molecule has 0 aliphatic heterocycles. The third-order valence-electron chi connectivity index (χ3n) is 1.79. The van der Waals surface area contributed by atoms with Gasteiger partial charge < -0.3 is 10.8 Å². The Morgan fingerprint density at radius 2 is 2.55 bits per heavy atom. The van der Waals surface area contributed by atoms with Gasteiger partial charge in [-0.1, -0.05) is 0 Å². The highest BCUT2D eigenvalue weighted by molar-refractivity contribution is 5.04. The Kier molecular flexibility index (Phi) is 2.21. The molecule has 0 saturated carbocycles. The minimum atomic E-state index is -0.490. The fourth-order valence-electron chi connectivity index (χ4n) is 0.732. The molecule has 11 heavy (non-hydrogen) atoms. The summed E-state index contributed by atoms with van der Waals surface area (Å²) in [7, 11) is 0. The van der Waals surface area contributed by atoms with E-state index in [0.717, 1.165) is 0 Å². The number of hydrogen-bond acceptors (Lipinski definition) is 4. The van der Waals surface area contributed by atoms with Crippen molar-refractivity contribution in [3.8, 4) is 0 Å². The van der Waals surface area contributed by atoms with E-state index in [1.54, 1.807) is 0 Å². The molecule has 0 aromatic carbocycles. The van der Waals surface area contributed by atoms with Crippen LogP contribution in [0.2, 0.25) is 0 Å². The van der Waals surface area contributed by atoms with Gasteiger partial charge in [0.1, 0.15) is 12.2 Å². The van der Waals surface area contributed by atoms with E-state index >= 15 is 0 Å². The van der Waals surface area contributed by atoms with Crippen LogP contribution in [-0.2, 0) is 5.41 Å². The van der Waals surface area contributed by atoms with E-state index in [1.807, 2.05) is 6.92 Å². The zero-order valence-electron chi connectivity index (χ0n) is 6.41. The van der Waals surface area contributed by atoms with Crippen LogP contribution in [0.1, 0.15) is 12.7 Å². The maximum absolute atomic E-state index is 8.99. The number of nitrogens with two attached hydrogens (primary N) is 1. The van der Waals surface area contributed by atoms with E-state index in [2.05, 4.69) is 15.2 Å². The molecule has 0 aliphatic carbocycles. The Balaban J connectivity index is 2.87. The van der Waals surface area contributed by atoms with Gasteiger partial charge in [0, 0.05) is 6.54 Å². The molecule has 0 aliphatic rings. The molecular weight excluding hydrogens is 144 g/mol. The summed E-state index contributed by atoms with van der Waals surface area (Å²) in [5, 5.41) is 15.3. The Labute approximate surface area is 64.6 Å². The summed E-state index contributed by atoms with van der Waals surface area (Å²) in [5.41, 5.74) is 4.97. The minimum Gasteiger partial charge on any atom is -0.395 e. The molecule has 0 bridgehead atoms. The average molecular weight is 156 g/mol. The summed E-state index contributed by atoms with van der Waals surface area (Å²) in [6.07, 6.45) is 1.40. The lowest BCUT2D eigenvalue weighted by atomic mass is 9.91. The number of rotatable bonds is 3. The second-order valence-corrected chi connectivity index (χ2v) is 2.76. The number of nitrogens with zero attached hydrogens (tertiary/aromatic N) is 2. The minimum absolute atomic E-state index is 0.0291. The summed E-state index contributed by atoms with van der Waals surface area (Å²) in [6.45, 7) is 2.14. The van der Waals surface area contributed by atoms with Crippen LogP contribution in [0.4, 0.5) is 0 Å². The molecular formula is C6H12N4O. The molecule has 5 nitrogen and oxygen atoms in total. The van der Waals surface area contributed by atoms with Crippen LogP contribution in [0.15, 0.2) is 6.33 Å². The number of aliphatic hydroxyl groups is 1. The summed E-state index contributed by atoms with van der Waals surface area (Å²) in [6, 6.07) is 0. The molecule has 0 fully saturated rings. The topological polar surface area (TPSA) is 87.8 Å². The molecule has 5 heteroatoms. The van der Waals surface area contributed by atoms with E-state index in [0.29, 0.717) is 12.4 Å². The van der Waals surface area contributed by atoms with Crippen LogP contribution >= 0.6 is 0 Å². The Bertz CT molecular complexity index is 204. The third kappa shape index (κ3) is 1.38. The van der Waals surface area contributed by atoms with Gasteiger partial charge in [0.05, 0.1) is 12.0 Å². The maximum atomic E-state index is 8.99. The van der Waals surface area contributed by atoms with Crippen molar-refractivity contribution in [2.24, 2.45) is 5.73 Å². The Morgan fingerprint density at radius 1 is 1.82 bits per heavy atom. The number of aromatic amines is 1. The first kappa shape index (κ1) is 8.16. The number of aromatic nitrogens is 3. The highest BCUT2D eigenvalue weighted by Crippen LogP contribution is 2.15. The van der Waals surface area contributed by atoms with Gasteiger partial charge in [-0.05, 0) is 6.92 Å². The number of aliphatic hydroxyl groups excluding tert-OH is 1. The van der Waals surface area contributed by atoms with Crippen molar-refractivity contribution in [2.75, 3.05) is 13.2 Å². The van der Waals surface area contributed by atoms with Crippen LogP contribution in [0.3, 0.4) is 0 Å². The highest BCUT2D eigenvalue weighted by Gasteiger charge is 2.26. The largest absolute Gasteiger partial charge is 0.395 e. The van der Waals surface area contributed by atoms with Crippen LogP contribution in [0, 0.1) is 0 Å². The van der Waals surface area contributed by atoms with Crippen molar-refractivity contribution in [3.05, 3.63) is 12.2 Å². The van der Waals surface area contributed by atoms with E-state index in [4.69, 9.17) is 10.8 Å². The van der Waals surface area contributed by atoms with Crippen LogP contribution in [0.25, 0.3) is 0 Å². The third-order valence-corrected chi connectivity index (χ3v) is 1.79. The predicted molar refractivity (Wildman–Crippen MR) is 39.9 cm³/mol. The fraction of sp³-hybridized carbons (Fsp3) is 0.667. The SMILES string of the molecule is CC(CN)(CO)c1ncn[nH]1. The molecule has 1 heterocycles. The second kappa shape index (κ2) is 2.98. The van der Waals surface area contributed by atoms with E-state index < -0.39 is 5.41 Å². The first-order valence-corrected chi connectivity index (χ1v) is 3.40. The molecule has 0 amide bonds. The van der Waals surface area contributed by atoms with Crippen molar-refractivity contribution in [3.63, 3.8) is 0 Å². The summed E-state index contributed by atoms with van der Waals surface area (Å²) < 4.78 is 0. The zero-order valence-corrected chi connectivity index (χ0v) is 6.41. The van der Waals surface area contributed by atoms with Crippen LogP contribution < -0.4 is 5.73 Å². The van der Waals surface area contributed by atoms with E-state index in [1.165, 1.54) is 6.33 Å². The Hall–Kier alpha value is -0.940. The smallest absolute Gasteiger partial charge is 0.137 e. The van der Waals surface area contributed by atoms with Crippen molar-refractivity contribution >= 4 is 0 Å². The predicted octanol–water partition coefficient (Wildman–Crippen LogP) is -0.987. The molecule has 1 aromatic rings. The first-order chi connectivity index (χ1) is 5.23. The molecule has 1 unspecified atom stereocenters. The van der Waals surface area contributed by atoms with Crippen LogP contribution in [-0.4, -0.2) is 33.4 Å². The molecule has 0 saturated heterocycles. The van der Waals surface area contributed by atoms with Gasteiger partial charge in [-0.2, -0.15) is 5.10 Å². The van der Waals surface area contributed by atoms with Gasteiger partial charge in [-0.3, -0.25) is 5.10 Å². The monoisotopic (exact) mass is 156 g/mol. The molecule has 62 valence electrons. The average Bonchev–Trinajstić information content (AvgIpc) is 2.55. The summed E-state index contributed by atoms with van der Waals surface area (Å²) in [4.78, 5) is 3.92.